The van der Waals surface area contributed by atoms with Crippen molar-refractivity contribution in [3.63, 3.8) is 0 Å². The van der Waals surface area contributed by atoms with E-state index in [2.05, 4.69) is 10.0 Å². The van der Waals surface area contributed by atoms with Gasteiger partial charge in [0.05, 0.1) is 25.2 Å². The number of halogens is 1. The number of sulfonamides is 1. The second-order valence-electron chi connectivity index (χ2n) is 7.66. The normalized spacial score (nSPS) is 13.1. The molecule has 0 aromatic heterocycles. The van der Waals surface area contributed by atoms with E-state index >= 15 is 0 Å². The van der Waals surface area contributed by atoms with Crippen molar-refractivity contribution in [2.24, 2.45) is 0 Å². The van der Waals surface area contributed by atoms with Gasteiger partial charge in [-0.1, -0.05) is 54.1 Å². The molecular formula is C25H27ClN2O5S. The number of carbonyl (C=O) groups excluding carboxylic acids is 1. The van der Waals surface area contributed by atoms with Crippen molar-refractivity contribution < 1.29 is 22.7 Å². The zero-order chi connectivity index (χ0) is 24.7. The summed E-state index contributed by atoms with van der Waals surface area (Å²) in [6.07, 6.45) is 0.173. The minimum atomic E-state index is -4.05. The zero-order valence-corrected chi connectivity index (χ0v) is 20.7. The first kappa shape index (κ1) is 25.6. The van der Waals surface area contributed by atoms with Crippen LogP contribution in [0.5, 0.6) is 11.5 Å². The molecule has 0 aliphatic carbocycles. The molecule has 7 nitrogen and oxygen atoms in total. The predicted octanol–water partition coefficient (Wildman–Crippen LogP) is 4.12. The molecule has 0 radical (unpaired) electrons. The summed E-state index contributed by atoms with van der Waals surface area (Å²) in [4.78, 5) is 13.2. The Morgan fingerprint density at radius 3 is 2.21 bits per heavy atom. The van der Waals surface area contributed by atoms with Crippen LogP contribution in [0, 0.1) is 0 Å². The number of carbonyl (C=O) groups is 1. The first-order chi connectivity index (χ1) is 16.2. The number of ether oxygens (including phenoxy) is 2. The summed E-state index contributed by atoms with van der Waals surface area (Å²) < 4.78 is 39.4. The van der Waals surface area contributed by atoms with Crippen molar-refractivity contribution in [1.82, 2.24) is 10.0 Å². The van der Waals surface area contributed by atoms with Crippen LogP contribution < -0.4 is 19.5 Å². The van der Waals surface area contributed by atoms with Gasteiger partial charge in [0.2, 0.25) is 15.9 Å². The Morgan fingerprint density at radius 2 is 1.59 bits per heavy atom. The number of rotatable bonds is 10. The van der Waals surface area contributed by atoms with E-state index in [0.717, 1.165) is 11.1 Å². The van der Waals surface area contributed by atoms with Crippen LogP contribution in [0.2, 0.25) is 5.02 Å². The summed E-state index contributed by atoms with van der Waals surface area (Å²) in [6, 6.07) is 19.2. The van der Waals surface area contributed by atoms with E-state index in [9.17, 15) is 13.2 Å². The van der Waals surface area contributed by atoms with Gasteiger partial charge in [0.1, 0.15) is 6.04 Å². The van der Waals surface area contributed by atoms with Crippen LogP contribution in [-0.4, -0.2) is 34.6 Å². The van der Waals surface area contributed by atoms with Crippen LogP contribution in [0.25, 0.3) is 0 Å². The summed E-state index contributed by atoms with van der Waals surface area (Å²) in [5, 5.41) is 3.49. The SMILES string of the molecule is COc1ccc(S(=O)(=O)N[C@@H](Cc2ccccc2)C(=O)N[C@@H](C)c2ccc(Cl)cc2)cc1OC. The van der Waals surface area contributed by atoms with Crippen LogP contribution in [0.15, 0.2) is 77.7 Å². The van der Waals surface area contributed by atoms with Crippen LogP contribution in [0.4, 0.5) is 0 Å². The molecule has 3 rings (SSSR count). The minimum Gasteiger partial charge on any atom is -0.493 e. The molecule has 1 amide bonds. The van der Waals surface area contributed by atoms with E-state index in [1.54, 1.807) is 12.1 Å². The quantitative estimate of drug-likeness (QED) is 0.435. The number of nitrogens with one attached hydrogen (secondary N) is 2. The number of amides is 1. The lowest BCUT2D eigenvalue weighted by Gasteiger charge is -2.22. The van der Waals surface area contributed by atoms with Gasteiger partial charge in [-0.25, -0.2) is 8.42 Å². The average Bonchev–Trinajstić information content (AvgIpc) is 2.84. The molecule has 2 N–H and O–H groups in total. The van der Waals surface area contributed by atoms with Gasteiger partial charge in [-0.15, -0.1) is 0 Å². The molecule has 2 atom stereocenters. The molecule has 0 spiro atoms. The lowest BCUT2D eigenvalue weighted by molar-refractivity contribution is -0.123. The molecule has 0 fully saturated rings. The Bertz CT molecular complexity index is 1220. The fourth-order valence-electron chi connectivity index (χ4n) is 3.43. The van der Waals surface area contributed by atoms with Gasteiger partial charge in [-0.2, -0.15) is 4.72 Å². The molecule has 0 saturated carbocycles. The van der Waals surface area contributed by atoms with Gasteiger partial charge in [-0.3, -0.25) is 4.79 Å². The molecule has 0 bridgehead atoms. The maximum absolute atomic E-state index is 13.2. The van der Waals surface area contributed by atoms with Gasteiger partial charge >= 0.3 is 0 Å². The number of benzene rings is 3. The molecule has 3 aromatic carbocycles. The zero-order valence-electron chi connectivity index (χ0n) is 19.1. The maximum Gasteiger partial charge on any atom is 0.241 e. The van der Waals surface area contributed by atoms with E-state index in [-0.39, 0.29) is 23.1 Å². The lowest BCUT2D eigenvalue weighted by atomic mass is 10.0. The third-order valence-corrected chi connectivity index (χ3v) is 7.01. The van der Waals surface area contributed by atoms with Crippen molar-refractivity contribution in [1.29, 1.82) is 0 Å². The van der Waals surface area contributed by atoms with E-state index in [0.29, 0.717) is 10.8 Å². The van der Waals surface area contributed by atoms with Crippen molar-refractivity contribution in [2.75, 3.05) is 14.2 Å². The molecule has 0 saturated heterocycles. The average molecular weight is 503 g/mol. The van der Waals surface area contributed by atoms with Gasteiger partial charge < -0.3 is 14.8 Å². The summed E-state index contributed by atoms with van der Waals surface area (Å²) >= 11 is 5.95. The topological polar surface area (TPSA) is 93.7 Å². The lowest BCUT2D eigenvalue weighted by Crippen LogP contribution is -2.48. The second-order valence-corrected chi connectivity index (χ2v) is 9.81. The number of hydrogen-bond donors (Lipinski definition) is 2. The van der Waals surface area contributed by atoms with Crippen molar-refractivity contribution in [3.8, 4) is 11.5 Å². The van der Waals surface area contributed by atoms with Crippen molar-refractivity contribution >= 4 is 27.5 Å². The third-order valence-electron chi connectivity index (χ3n) is 5.29. The van der Waals surface area contributed by atoms with Gasteiger partial charge in [0.25, 0.3) is 0 Å². The Morgan fingerprint density at radius 1 is 0.941 bits per heavy atom. The predicted molar refractivity (Wildman–Crippen MR) is 132 cm³/mol. The fraction of sp³-hybridized carbons (Fsp3) is 0.240. The summed E-state index contributed by atoms with van der Waals surface area (Å²) in [7, 11) is -1.17. The smallest absolute Gasteiger partial charge is 0.241 e. The first-order valence-corrected chi connectivity index (χ1v) is 12.4. The van der Waals surface area contributed by atoms with E-state index in [4.69, 9.17) is 21.1 Å². The van der Waals surface area contributed by atoms with Crippen LogP contribution in [0.1, 0.15) is 24.1 Å². The van der Waals surface area contributed by atoms with Crippen LogP contribution >= 0.6 is 11.6 Å². The highest BCUT2D eigenvalue weighted by atomic mass is 35.5. The standard InChI is InChI=1S/C25H27ClN2O5S/c1-17(19-9-11-20(26)12-10-19)27-25(29)22(15-18-7-5-4-6-8-18)28-34(30,31)21-13-14-23(32-2)24(16-21)33-3/h4-14,16-17,22,28H,15H2,1-3H3,(H,27,29)/t17-,22-/m0/s1. The highest BCUT2D eigenvalue weighted by Crippen LogP contribution is 2.29. The Labute approximate surface area is 205 Å². The first-order valence-electron chi connectivity index (χ1n) is 10.6. The Hall–Kier alpha value is -3.07. The van der Waals surface area contributed by atoms with Gasteiger partial charge in [-0.05, 0) is 48.7 Å². The molecular weight excluding hydrogens is 476 g/mol. The van der Waals surface area contributed by atoms with E-state index < -0.39 is 22.0 Å². The highest BCUT2D eigenvalue weighted by molar-refractivity contribution is 7.89. The third kappa shape index (κ3) is 6.50. The largest absolute Gasteiger partial charge is 0.493 e. The fourth-order valence-corrected chi connectivity index (χ4v) is 4.76. The molecule has 0 unspecified atom stereocenters. The molecule has 3 aromatic rings. The minimum absolute atomic E-state index is 0.0400. The summed E-state index contributed by atoms with van der Waals surface area (Å²) in [6.45, 7) is 1.82. The Balaban J connectivity index is 1.86. The Kier molecular flexibility index (Phi) is 8.55. The highest BCUT2D eigenvalue weighted by Gasteiger charge is 2.28. The summed E-state index contributed by atoms with van der Waals surface area (Å²) in [5.74, 6) is 0.220. The monoisotopic (exact) mass is 502 g/mol. The summed E-state index contributed by atoms with van der Waals surface area (Å²) in [5.41, 5.74) is 1.66. The van der Waals surface area contributed by atoms with Crippen LogP contribution in [0.3, 0.4) is 0 Å². The van der Waals surface area contributed by atoms with Crippen molar-refractivity contribution in [3.05, 3.63) is 88.9 Å². The van der Waals surface area contributed by atoms with Crippen LogP contribution in [-0.2, 0) is 21.2 Å². The van der Waals surface area contributed by atoms with E-state index in [1.807, 2.05) is 49.4 Å². The molecule has 9 heteroatoms. The van der Waals surface area contributed by atoms with Gasteiger partial charge in [0.15, 0.2) is 11.5 Å². The second kappa shape index (κ2) is 11.4. The maximum atomic E-state index is 13.2. The molecule has 0 aliphatic heterocycles. The molecule has 180 valence electrons. The number of hydrogen-bond acceptors (Lipinski definition) is 5. The van der Waals surface area contributed by atoms with Crippen molar-refractivity contribution in [2.45, 2.75) is 30.3 Å². The molecule has 0 heterocycles. The van der Waals surface area contributed by atoms with E-state index in [1.165, 1.54) is 32.4 Å². The molecule has 0 aliphatic rings. The molecule has 34 heavy (non-hydrogen) atoms. The van der Waals surface area contributed by atoms with Gasteiger partial charge in [0, 0.05) is 11.1 Å². The number of methoxy groups -OCH3 is 2.